The van der Waals surface area contributed by atoms with Crippen LogP contribution in [0.4, 0.5) is 10.1 Å². The number of hydrogen-bond donors (Lipinski definition) is 1. The van der Waals surface area contributed by atoms with Crippen LogP contribution in [0.1, 0.15) is 32.8 Å². The zero-order valence-corrected chi connectivity index (χ0v) is 12.8. The first kappa shape index (κ1) is 17.2. The van der Waals surface area contributed by atoms with Gasteiger partial charge in [-0.05, 0) is 26.3 Å². The second kappa shape index (κ2) is 5.88. The van der Waals surface area contributed by atoms with Crippen LogP contribution >= 0.6 is 0 Å². The van der Waals surface area contributed by atoms with Crippen molar-refractivity contribution < 1.29 is 17.7 Å². The number of nitrogens with one attached hydrogen (secondary N) is 1. The summed E-state index contributed by atoms with van der Waals surface area (Å²) < 4.78 is 37.0. The highest BCUT2D eigenvalue weighted by molar-refractivity contribution is 7.92. The van der Waals surface area contributed by atoms with Gasteiger partial charge in [-0.2, -0.15) is 0 Å². The molecule has 1 aromatic rings. The predicted octanol–water partition coefficient (Wildman–Crippen LogP) is 2.86. The first-order valence-electron chi connectivity index (χ1n) is 6.26. The molecule has 0 heterocycles. The van der Waals surface area contributed by atoms with Crippen molar-refractivity contribution in [2.45, 2.75) is 37.7 Å². The topological polar surface area (TPSA) is 101 Å². The van der Waals surface area contributed by atoms with E-state index in [0.717, 1.165) is 18.2 Å². The summed E-state index contributed by atoms with van der Waals surface area (Å²) in [6.45, 7) is 4.42. The standard InChI is InChI=1S/C13H17FN2O4S/c1-4-12(15)13(2,3)21(19,20)8-9-7-10(16(17)18)5-6-11(9)14/h5-7,15H,4,8H2,1-3H3. The van der Waals surface area contributed by atoms with E-state index in [1.54, 1.807) is 6.92 Å². The second-order valence-electron chi connectivity index (χ2n) is 5.13. The van der Waals surface area contributed by atoms with Crippen molar-refractivity contribution in [2.75, 3.05) is 0 Å². The number of nitro groups is 1. The average molecular weight is 316 g/mol. The molecule has 0 saturated carbocycles. The largest absolute Gasteiger partial charge is 0.308 e. The van der Waals surface area contributed by atoms with Crippen molar-refractivity contribution in [3.8, 4) is 0 Å². The van der Waals surface area contributed by atoms with Gasteiger partial charge in [0.2, 0.25) is 0 Å². The van der Waals surface area contributed by atoms with Crippen LogP contribution in [0.2, 0.25) is 0 Å². The van der Waals surface area contributed by atoms with Crippen molar-refractivity contribution in [3.05, 3.63) is 39.7 Å². The molecular formula is C13H17FN2O4S. The molecule has 0 aliphatic rings. The lowest BCUT2D eigenvalue weighted by molar-refractivity contribution is -0.385. The molecule has 0 atom stereocenters. The lowest BCUT2D eigenvalue weighted by Crippen LogP contribution is -2.40. The quantitative estimate of drug-likeness (QED) is 0.495. The Balaban J connectivity index is 3.24. The minimum Gasteiger partial charge on any atom is -0.308 e. The zero-order valence-electron chi connectivity index (χ0n) is 12.0. The summed E-state index contributed by atoms with van der Waals surface area (Å²) in [4.78, 5) is 9.97. The van der Waals surface area contributed by atoms with Gasteiger partial charge >= 0.3 is 0 Å². The number of benzene rings is 1. The van der Waals surface area contributed by atoms with Gasteiger partial charge in [0.1, 0.15) is 10.6 Å². The van der Waals surface area contributed by atoms with E-state index in [4.69, 9.17) is 5.41 Å². The molecule has 116 valence electrons. The third-order valence-corrected chi connectivity index (χ3v) is 5.94. The molecule has 0 aromatic heterocycles. The Morgan fingerprint density at radius 1 is 1.43 bits per heavy atom. The molecule has 1 N–H and O–H groups in total. The maximum Gasteiger partial charge on any atom is 0.269 e. The number of hydrogen-bond acceptors (Lipinski definition) is 5. The average Bonchev–Trinajstić information content (AvgIpc) is 2.39. The molecule has 0 aliphatic carbocycles. The summed E-state index contributed by atoms with van der Waals surface area (Å²) in [7, 11) is -3.88. The fraction of sp³-hybridized carbons (Fsp3) is 0.462. The van der Waals surface area contributed by atoms with Gasteiger partial charge in [-0.25, -0.2) is 12.8 Å². The molecule has 21 heavy (non-hydrogen) atoms. The van der Waals surface area contributed by atoms with Gasteiger partial charge in [0, 0.05) is 23.4 Å². The Morgan fingerprint density at radius 3 is 2.48 bits per heavy atom. The van der Waals surface area contributed by atoms with E-state index in [-0.39, 0.29) is 23.4 Å². The number of nitro benzene ring substituents is 1. The van der Waals surface area contributed by atoms with E-state index in [0.29, 0.717) is 0 Å². The van der Waals surface area contributed by atoms with Gasteiger partial charge in [0.15, 0.2) is 9.84 Å². The van der Waals surface area contributed by atoms with Crippen molar-refractivity contribution in [2.24, 2.45) is 0 Å². The summed E-state index contributed by atoms with van der Waals surface area (Å²) in [6, 6.07) is 2.77. The molecule has 0 unspecified atom stereocenters. The minimum atomic E-state index is -3.88. The number of halogens is 1. The van der Waals surface area contributed by atoms with E-state index in [1.807, 2.05) is 0 Å². The Morgan fingerprint density at radius 2 is 2.00 bits per heavy atom. The van der Waals surface area contributed by atoms with E-state index in [1.165, 1.54) is 13.8 Å². The van der Waals surface area contributed by atoms with Crippen molar-refractivity contribution in [1.29, 1.82) is 5.41 Å². The molecule has 1 rings (SSSR count). The number of non-ortho nitro benzene ring substituents is 1. The summed E-state index contributed by atoms with van der Waals surface area (Å²) in [5.41, 5.74) is -0.625. The Bertz CT molecular complexity index is 683. The third-order valence-electron chi connectivity index (χ3n) is 3.44. The van der Waals surface area contributed by atoms with Gasteiger partial charge in [-0.3, -0.25) is 10.1 Å². The molecule has 0 fully saturated rings. The molecule has 1 aromatic carbocycles. The van der Waals surface area contributed by atoms with Crippen molar-refractivity contribution in [1.82, 2.24) is 0 Å². The van der Waals surface area contributed by atoms with Crippen LogP contribution in [0.25, 0.3) is 0 Å². The Kier molecular flexibility index (Phi) is 4.83. The van der Waals surface area contributed by atoms with Gasteiger partial charge in [-0.15, -0.1) is 0 Å². The molecule has 8 heteroatoms. The normalized spacial score (nSPS) is 12.2. The molecular weight excluding hydrogens is 299 g/mol. The lowest BCUT2D eigenvalue weighted by Gasteiger charge is -2.25. The Labute approximate surface area is 122 Å². The highest BCUT2D eigenvalue weighted by Crippen LogP contribution is 2.26. The van der Waals surface area contributed by atoms with Crippen LogP contribution in [0.3, 0.4) is 0 Å². The molecule has 0 spiro atoms. The van der Waals surface area contributed by atoms with Gasteiger partial charge < -0.3 is 5.41 Å². The fourth-order valence-electron chi connectivity index (χ4n) is 1.78. The van der Waals surface area contributed by atoms with Gasteiger partial charge in [-0.1, -0.05) is 6.92 Å². The van der Waals surface area contributed by atoms with Crippen LogP contribution in [-0.2, 0) is 15.6 Å². The number of sulfone groups is 1. The molecule has 0 bridgehead atoms. The first-order chi connectivity index (χ1) is 9.52. The summed E-state index contributed by atoms with van der Waals surface area (Å²) in [5.74, 6) is -1.50. The third kappa shape index (κ3) is 3.44. The summed E-state index contributed by atoms with van der Waals surface area (Å²) >= 11 is 0. The monoisotopic (exact) mass is 316 g/mol. The second-order valence-corrected chi connectivity index (χ2v) is 7.67. The van der Waals surface area contributed by atoms with Crippen LogP contribution in [0.15, 0.2) is 18.2 Å². The molecule has 0 radical (unpaired) electrons. The predicted molar refractivity (Wildman–Crippen MR) is 77.8 cm³/mol. The molecule has 0 aliphatic heterocycles. The summed E-state index contributed by atoms with van der Waals surface area (Å²) in [5, 5.41) is 18.4. The van der Waals surface area contributed by atoms with Crippen LogP contribution in [-0.4, -0.2) is 23.8 Å². The fourth-order valence-corrected chi connectivity index (χ4v) is 3.30. The highest BCUT2D eigenvalue weighted by atomic mass is 32.2. The highest BCUT2D eigenvalue weighted by Gasteiger charge is 2.38. The van der Waals surface area contributed by atoms with E-state index in [2.05, 4.69) is 0 Å². The van der Waals surface area contributed by atoms with Crippen LogP contribution < -0.4 is 0 Å². The van der Waals surface area contributed by atoms with E-state index >= 15 is 0 Å². The smallest absolute Gasteiger partial charge is 0.269 e. The van der Waals surface area contributed by atoms with E-state index in [9.17, 15) is 22.9 Å². The number of nitrogens with zero attached hydrogens (tertiary/aromatic N) is 1. The summed E-state index contributed by atoms with van der Waals surface area (Å²) in [6.07, 6.45) is 0.254. The SMILES string of the molecule is CCC(=N)C(C)(C)S(=O)(=O)Cc1cc([N+](=O)[O-])ccc1F. The molecule has 0 saturated heterocycles. The maximum absolute atomic E-state index is 13.7. The van der Waals surface area contributed by atoms with Crippen molar-refractivity contribution >= 4 is 21.2 Å². The van der Waals surface area contributed by atoms with Crippen molar-refractivity contribution in [3.63, 3.8) is 0 Å². The lowest BCUT2D eigenvalue weighted by atomic mass is 10.1. The first-order valence-corrected chi connectivity index (χ1v) is 7.91. The Hall–Kier alpha value is -1.83. The van der Waals surface area contributed by atoms with Crippen LogP contribution in [0, 0.1) is 21.3 Å². The van der Waals surface area contributed by atoms with Gasteiger partial charge in [0.05, 0.1) is 10.7 Å². The van der Waals surface area contributed by atoms with Crippen LogP contribution in [0.5, 0.6) is 0 Å². The number of rotatable bonds is 6. The molecule has 0 amide bonds. The maximum atomic E-state index is 13.7. The zero-order chi connectivity index (χ0) is 16.4. The molecule has 6 nitrogen and oxygen atoms in total. The minimum absolute atomic E-state index is 0.00772. The van der Waals surface area contributed by atoms with E-state index < -0.39 is 31.1 Å². The van der Waals surface area contributed by atoms with Gasteiger partial charge in [0.25, 0.3) is 5.69 Å².